The molecule has 1 heterocycles. The van der Waals surface area contributed by atoms with Crippen LogP contribution in [0.3, 0.4) is 0 Å². The predicted molar refractivity (Wildman–Crippen MR) is 73.3 cm³/mol. The number of amides is 1. The summed E-state index contributed by atoms with van der Waals surface area (Å²) in [5.41, 5.74) is 5.54. The van der Waals surface area contributed by atoms with Crippen LogP contribution in [-0.4, -0.2) is 31.7 Å². The summed E-state index contributed by atoms with van der Waals surface area (Å²) >= 11 is 0. The number of hydrogen-bond acceptors (Lipinski definition) is 3. The minimum Gasteiger partial charge on any atom is -0.381 e. The van der Waals surface area contributed by atoms with E-state index in [9.17, 15) is 4.79 Å². The highest BCUT2D eigenvalue weighted by atomic mass is 16.5. The Kier molecular flexibility index (Phi) is 6.65. The molecule has 0 unspecified atom stereocenters. The van der Waals surface area contributed by atoms with Gasteiger partial charge in [-0.15, -0.1) is 0 Å². The van der Waals surface area contributed by atoms with Crippen LogP contribution in [0.2, 0.25) is 0 Å². The van der Waals surface area contributed by atoms with Gasteiger partial charge in [0, 0.05) is 25.8 Å². The molecule has 0 spiro atoms. The Bertz CT molecular complexity index is 244. The highest BCUT2D eigenvalue weighted by Crippen LogP contribution is 2.29. The van der Waals surface area contributed by atoms with Crippen molar-refractivity contribution in [3.05, 3.63) is 0 Å². The summed E-state index contributed by atoms with van der Waals surface area (Å²) in [6.07, 6.45) is 5.60. The fourth-order valence-electron chi connectivity index (χ4n) is 2.79. The maximum atomic E-state index is 12.5. The molecule has 1 aliphatic heterocycles. The Morgan fingerprint density at radius 1 is 1.28 bits per heavy atom. The molecule has 0 bridgehead atoms. The highest BCUT2D eigenvalue weighted by molar-refractivity contribution is 5.83. The number of ether oxygens (including phenoxy) is 1. The SMILES string of the molecule is CCCC(CN)(CCC)C(=O)NC1CCOCC1. The fourth-order valence-corrected chi connectivity index (χ4v) is 2.79. The van der Waals surface area contributed by atoms with Crippen LogP contribution in [0.4, 0.5) is 0 Å². The fraction of sp³-hybridized carbons (Fsp3) is 0.929. The lowest BCUT2D eigenvalue weighted by Gasteiger charge is -2.33. The third-order valence-electron chi connectivity index (χ3n) is 3.89. The number of carbonyl (C=O) groups excluding carboxylic acids is 1. The van der Waals surface area contributed by atoms with Crippen molar-refractivity contribution in [2.75, 3.05) is 19.8 Å². The second-order valence-corrected chi connectivity index (χ2v) is 5.34. The summed E-state index contributed by atoms with van der Waals surface area (Å²) in [6.45, 7) is 6.18. The molecule has 1 saturated heterocycles. The Labute approximate surface area is 111 Å². The normalized spacial score (nSPS) is 17.7. The molecule has 3 N–H and O–H groups in total. The van der Waals surface area contributed by atoms with Gasteiger partial charge in [-0.2, -0.15) is 0 Å². The number of nitrogens with one attached hydrogen (secondary N) is 1. The monoisotopic (exact) mass is 256 g/mol. The van der Waals surface area contributed by atoms with Crippen LogP contribution in [-0.2, 0) is 9.53 Å². The summed E-state index contributed by atoms with van der Waals surface area (Å²) in [5.74, 6) is 0.153. The number of carbonyl (C=O) groups is 1. The average molecular weight is 256 g/mol. The topological polar surface area (TPSA) is 64.4 Å². The first-order valence-corrected chi connectivity index (χ1v) is 7.27. The van der Waals surface area contributed by atoms with Gasteiger partial charge < -0.3 is 15.8 Å². The van der Waals surface area contributed by atoms with E-state index in [1.165, 1.54) is 0 Å². The molecule has 18 heavy (non-hydrogen) atoms. The van der Waals surface area contributed by atoms with Crippen LogP contribution in [0.25, 0.3) is 0 Å². The summed E-state index contributed by atoms with van der Waals surface area (Å²) in [7, 11) is 0. The standard InChI is InChI=1S/C14H28N2O2/c1-3-7-14(11-15,8-4-2)13(17)16-12-5-9-18-10-6-12/h12H,3-11,15H2,1-2H3,(H,16,17). The molecule has 0 aromatic rings. The molecule has 1 aliphatic rings. The second kappa shape index (κ2) is 7.74. The van der Waals surface area contributed by atoms with Gasteiger partial charge in [-0.1, -0.05) is 26.7 Å². The van der Waals surface area contributed by atoms with Crippen LogP contribution in [0, 0.1) is 5.41 Å². The summed E-state index contributed by atoms with van der Waals surface area (Å²) in [6, 6.07) is 0.269. The molecule has 0 radical (unpaired) electrons. The minimum atomic E-state index is -0.359. The zero-order valence-corrected chi connectivity index (χ0v) is 11.8. The molecule has 0 atom stereocenters. The molecule has 1 rings (SSSR count). The van der Waals surface area contributed by atoms with Gasteiger partial charge in [0.05, 0.1) is 5.41 Å². The van der Waals surface area contributed by atoms with Gasteiger partial charge in [-0.05, 0) is 25.7 Å². The zero-order valence-electron chi connectivity index (χ0n) is 11.8. The van der Waals surface area contributed by atoms with E-state index in [0.717, 1.165) is 51.7 Å². The number of rotatable bonds is 7. The van der Waals surface area contributed by atoms with Crippen molar-refractivity contribution in [3.63, 3.8) is 0 Å². The molecule has 0 aromatic carbocycles. The Morgan fingerprint density at radius 2 is 1.83 bits per heavy atom. The van der Waals surface area contributed by atoms with Crippen molar-refractivity contribution in [1.29, 1.82) is 0 Å². The first-order chi connectivity index (χ1) is 8.68. The lowest BCUT2D eigenvalue weighted by atomic mass is 9.78. The molecule has 0 aliphatic carbocycles. The molecule has 0 aromatic heterocycles. The van der Waals surface area contributed by atoms with Gasteiger partial charge in [0.1, 0.15) is 0 Å². The van der Waals surface area contributed by atoms with Crippen molar-refractivity contribution in [3.8, 4) is 0 Å². The van der Waals surface area contributed by atoms with Gasteiger partial charge in [-0.25, -0.2) is 0 Å². The largest absolute Gasteiger partial charge is 0.381 e. The lowest BCUT2D eigenvalue weighted by molar-refractivity contribution is -0.133. The van der Waals surface area contributed by atoms with Crippen molar-refractivity contribution in [2.45, 2.75) is 58.4 Å². The number of nitrogens with two attached hydrogens (primary N) is 1. The quantitative estimate of drug-likeness (QED) is 0.730. The first kappa shape index (κ1) is 15.4. The smallest absolute Gasteiger partial charge is 0.227 e. The van der Waals surface area contributed by atoms with Crippen molar-refractivity contribution >= 4 is 5.91 Å². The summed E-state index contributed by atoms with van der Waals surface area (Å²) < 4.78 is 5.31. The third-order valence-corrected chi connectivity index (χ3v) is 3.89. The van der Waals surface area contributed by atoms with Crippen LogP contribution in [0.15, 0.2) is 0 Å². The zero-order chi connectivity index (χ0) is 13.4. The third kappa shape index (κ3) is 3.95. The van der Waals surface area contributed by atoms with Gasteiger partial charge in [0.15, 0.2) is 0 Å². The molecule has 1 fully saturated rings. The molecule has 4 nitrogen and oxygen atoms in total. The van der Waals surface area contributed by atoms with Crippen LogP contribution in [0.1, 0.15) is 52.4 Å². The maximum Gasteiger partial charge on any atom is 0.227 e. The molecule has 106 valence electrons. The molecule has 1 amide bonds. The van der Waals surface area contributed by atoms with Gasteiger partial charge in [-0.3, -0.25) is 4.79 Å². The van der Waals surface area contributed by atoms with E-state index in [2.05, 4.69) is 19.2 Å². The first-order valence-electron chi connectivity index (χ1n) is 7.27. The average Bonchev–Trinajstić information content (AvgIpc) is 2.39. The van der Waals surface area contributed by atoms with Crippen LogP contribution >= 0.6 is 0 Å². The second-order valence-electron chi connectivity index (χ2n) is 5.34. The van der Waals surface area contributed by atoms with E-state index in [1.54, 1.807) is 0 Å². The van der Waals surface area contributed by atoms with E-state index in [-0.39, 0.29) is 17.4 Å². The molecule has 0 saturated carbocycles. The van der Waals surface area contributed by atoms with Crippen molar-refractivity contribution in [2.24, 2.45) is 11.1 Å². The van der Waals surface area contributed by atoms with E-state index in [4.69, 9.17) is 10.5 Å². The molecular weight excluding hydrogens is 228 g/mol. The Hall–Kier alpha value is -0.610. The molecular formula is C14H28N2O2. The van der Waals surface area contributed by atoms with Gasteiger partial charge >= 0.3 is 0 Å². The van der Waals surface area contributed by atoms with Crippen molar-refractivity contribution in [1.82, 2.24) is 5.32 Å². The minimum absolute atomic E-state index is 0.153. The Morgan fingerprint density at radius 3 is 2.28 bits per heavy atom. The summed E-state index contributed by atoms with van der Waals surface area (Å²) in [4.78, 5) is 12.5. The number of hydrogen-bond donors (Lipinski definition) is 2. The van der Waals surface area contributed by atoms with Crippen molar-refractivity contribution < 1.29 is 9.53 Å². The predicted octanol–water partition coefficient (Wildman–Crippen LogP) is 1.83. The van der Waals surface area contributed by atoms with Crippen LogP contribution < -0.4 is 11.1 Å². The maximum absolute atomic E-state index is 12.5. The highest BCUT2D eigenvalue weighted by Gasteiger charge is 2.36. The summed E-state index contributed by atoms with van der Waals surface area (Å²) in [5, 5.41) is 3.18. The van der Waals surface area contributed by atoms with Gasteiger partial charge in [0.25, 0.3) is 0 Å². The van der Waals surface area contributed by atoms with E-state index in [1.807, 2.05) is 0 Å². The Balaban J connectivity index is 2.62. The van der Waals surface area contributed by atoms with E-state index < -0.39 is 0 Å². The lowest BCUT2D eigenvalue weighted by Crippen LogP contribution is -2.50. The van der Waals surface area contributed by atoms with Crippen LogP contribution in [0.5, 0.6) is 0 Å². The van der Waals surface area contributed by atoms with Gasteiger partial charge in [0.2, 0.25) is 5.91 Å². The van der Waals surface area contributed by atoms with E-state index in [0.29, 0.717) is 6.54 Å². The molecule has 4 heteroatoms. The van der Waals surface area contributed by atoms with E-state index >= 15 is 0 Å².